The number of nitrogens with zero attached hydrogens (tertiary/aromatic N) is 1. The molecule has 0 saturated heterocycles. The van der Waals surface area contributed by atoms with Gasteiger partial charge in [-0.15, -0.1) is 0 Å². The van der Waals surface area contributed by atoms with Crippen molar-refractivity contribution >= 4 is 28.4 Å². The van der Waals surface area contributed by atoms with Crippen LogP contribution in [-0.2, 0) is 17.9 Å². The third-order valence-corrected chi connectivity index (χ3v) is 4.75. The zero-order valence-corrected chi connectivity index (χ0v) is 15.2. The molecule has 2 heterocycles. The van der Waals surface area contributed by atoms with Gasteiger partial charge in [0, 0.05) is 17.8 Å². The van der Waals surface area contributed by atoms with Crippen LogP contribution in [0.5, 0.6) is 11.5 Å². The van der Waals surface area contributed by atoms with E-state index in [1.54, 1.807) is 6.07 Å². The third kappa shape index (κ3) is 3.22. The molecule has 0 unspecified atom stereocenters. The summed E-state index contributed by atoms with van der Waals surface area (Å²) >= 11 is 6.24. The Kier molecular flexibility index (Phi) is 4.47. The van der Waals surface area contributed by atoms with Crippen LogP contribution < -0.4 is 14.8 Å². The summed E-state index contributed by atoms with van der Waals surface area (Å²) in [6.45, 7) is 3.66. The molecular weight excluding hydrogens is 352 g/mol. The second kappa shape index (κ2) is 6.92. The molecule has 0 spiro atoms. The number of nitrogens with one attached hydrogen (secondary N) is 1. The smallest absolute Gasteiger partial charge is 0.240 e. The quantitative estimate of drug-likeness (QED) is 0.762. The largest absolute Gasteiger partial charge is 0.486 e. The number of aromatic nitrogens is 1. The number of para-hydroxylation sites is 1. The van der Waals surface area contributed by atoms with E-state index in [9.17, 15) is 4.79 Å². The van der Waals surface area contributed by atoms with E-state index in [0.29, 0.717) is 36.3 Å². The Morgan fingerprint density at radius 3 is 2.88 bits per heavy atom. The number of benzene rings is 2. The van der Waals surface area contributed by atoms with Gasteiger partial charge < -0.3 is 19.4 Å². The highest BCUT2D eigenvalue weighted by molar-refractivity contribution is 6.32. The van der Waals surface area contributed by atoms with Crippen molar-refractivity contribution in [2.45, 2.75) is 20.0 Å². The van der Waals surface area contributed by atoms with Crippen molar-refractivity contribution in [3.05, 3.63) is 58.7 Å². The van der Waals surface area contributed by atoms with E-state index in [0.717, 1.165) is 22.2 Å². The van der Waals surface area contributed by atoms with Crippen LogP contribution in [0.2, 0.25) is 5.02 Å². The van der Waals surface area contributed by atoms with Gasteiger partial charge in [0.25, 0.3) is 0 Å². The summed E-state index contributed by atoms with van der Waals surface area (Å²) in [7, 11) is 0. The molecule has 1 amide bonds. The van der Waals surface area contributed by atoms with Gasteiger partial charge in [0.1, 0.15) is 19.8 Å². The van der Waals surface area contributed by atoms with Crippen molar-refractivity contribution in [1.29, 1.82) is 0 Å². The minimum Gasteiger partial charge on any atom is -0.486 e. The van der Waals surface area contributed by atoms with Gasteiger partial charge in [-0.05, 0) is 42.1 Å². The average Bonchev–Trinajstić information content (AvgIpc) is 2.96. The predicted molar refractivity (Wildman–Crippen MR) is 101 cm³/mol. The van der Waals surface area contributed by atoms with Gasteiger partial charge in [-0.1, -0.05) is 29.8 Å². The van der Waals surface area contributed by atoms with E-state index >= 15 is 0 Å². The number of ether oxygens (including phenoxy) is 2. The molecule has 0 saturated carbocycles. The second-order valence-corrected chi connectivity index (χ2v) is 6.72. The first-order valence-corrected chi connectivity index (χ1v) is 8.89. The van der Waals surface area contributed by atoms with Gasteiger partial charge in [0.05, 0.1) is 5.02 Å². The standard InChI is InChI=1S/C20H19ClN2O3/c1-13-8-15-4-2-3-5-17(15)23(13)12-19(24)22-11-14-9-16(21)20-18(10-14)25-6-7-26-20/h2-5,8-10H,6-7,11-12H2,1H3,(H,22,24). The molecule has 4 rings (SSSR count). The van der Waals surface area contributed by atoms with Crippen LogP contribution in [-0.4, -0.2) is 23.7 Å². The normalized spacial score (nSPS) is 13.0. The number of amides is 1. The molecule has 1 aliphatic heterocycles. The van der Waals surface area contributed by atoms with Crippen molar-refractivity contribution in [2.24, 2.45) is 0 Å². The minimum absolute atomic E-state index is 0.0551. The lowest BCUT2D eigenvalue weighted by Gasteiger charge is -2.20. The van der Waals surface area contributed by atoms with Gasteiger partial charge in [0.15, 0.2) is 11.5 Å². The SMILES string of the molecule is Cc1cc2ccccc2n1CC(=O)NCc1cc(Cl)c2c(c1)OCCO2. The van der Waals surface area contributed by atoms with Crippen molar-refractivity contribution in [1.82, 2.24) is 9.88 Å². The number of carbonyl (C=O) groups excluding carboxylic acids is 1. The fraction of sp³-hybridized carbons (Fsp3) is 0.250. The number of fused-ring (bicyclic) bond motifs is 2. The Labute approximate surface area is 156 Å². The maximum atomic E-state index is 12.4. The lowest BCUT2D eigenvalue weighted by Crippen LogP contribution is -2.27. The summed E-state index contributed by atoms with van der Waals surface area (Å²) in [6, 6.07) is 13.8. The lowest BCUT2D eigenvalue weighted by atomic mass is 10.2. The Hall–Kier alpha value is -2.66. The van der Waals surface area contributed by atoms with Gasteiger partial charge in [-0.25, -0.2) is 0 Å². The Morgan fingerprint density at radius 2 is 2.00 bits per heavy atom. The highest BCUT2D eigenvalue weighted by atomic mass is 35.5. The molecular formula is C20H19ClN2O3. The van der Waals surface area contributed by atoms with Crippen molar-refractivity contribution in [2.75, 3.05) is 13.2 Å². The van der Waals surface area contributed by atoms with Gasteiger partial charge >= 0.3 is 0 Å². The first kappa shape index (κ1) is 16.8. The van der Waals surface area contributed by atoms with Crippen LogP contribution in [0.3, 0.4) is 0 Å². The predicted octanol–water partition coefficient (Wildman–Crippen LogP) is 3.69. The number of halogens is 1. The second-order valence-electron chi connectivity index (χ2n) is 6.31. The van der Waals surface area contributed by atoms with E-state index in [4.69, 9.17) is 21.1 Å². The molecule has 1 aliphatic rings. The fourth-order valence-electron chi connectivity index (χ4n) is 3.22. The summed E-state index contributed by atoms with van der Waals surface area (Å²) in [5.41, 5.74) is 2.99. The summed E-state index contributed by atoms with van der Waals surface area (Å²) < 4.78 is 13.1. The van der Waals surface area contributed by atoms with Gasteiger partial charge in [0.2, 0.25) is 5.91 Å². The number of hydrogen-bond acceptors (Lipinski definition) is 3. The molecule has 0 radical (unpaired) electrons. The number of carbonyl (C=O) groups is 1. The van der Waals surface area contributed by atoms with Crippen LogP contribution in [0.1, 0.15) is 11.3 Å². The number of rotatable bonds is 4. The molecule has 6 heteroatoms. The molecule has 0 atom stereocenters. The maximum absolute atomic E-state index is 12.4. The first-order chi connectivity index (χ1) is 12.6. The summed E-state index contributed by atoms with van der Waals surface area (Å²) in [5.74, 6) is 1.14. The summed E-state index contributed by atoms with van der Waals surface area (Å²) in [5, 5.41) is 4.58. The van der Waals surface area contributed by atoms with E-state index in [-0.39, 0.29) is 12.5 Å². The zero-order chi connectivity index (χ0) is 18.1. The van der Waals surface area contributed by atoms with Crippen LogP contribution >= 0.6 is 11.6 Å². The molecule has 134 valence electrons. The van der Waals surface area contributed by atoms with E-state index in [1.807, 2.05) is 41.8 Å². The van der Waals surface area contributed by atoms with Crippen LogP contribution in [0.4, 0.5) is 0 Å². The highest BCUT2D eigenvalue weighted by Crippen LogP contribution is 2.38. The van der Waals surface area contributed by atoms with Crippen molar-refractivity contribution in [3.63, 3.8) is 0 Å². The topological polar surface area (TPSA) is 52.5 Å². The Bertz CT molecular complexity index is 981. The van der Waals surface area contributed by atoms with E-state index in [2.05, 4.69) is 11.4 Å². The maximum Gasteiger partial charge on any atom is 0.240 e. The van der Waals surface area contributed by atoms with Crippen LogP contribution in [0.25, 0.3) is 10.9 Å². The molecule has 1 aromatic heterocycles. The lowest BCUT2D eigenvalue weighted by molar-refractivity contribution is -0.121. The molecule has 1 N–H and O–H groups in total. The minimum atomic E-state index is -0.0551. The Balaban J connectivity index is 1.46. The monoisotopic (exact) mass is 370 g/mol. The highest BCUT2D eigenvalue weighted by Gasteiger charge is 2.17. The van der Waals surface area contributed by atoms with E-state index < -0.39 is 0 Å². The van der Waals surface area contributed by atoms with E-state index in [1.165, 1.54) is 0 Å². The zero-order valence-electron chi connectivity index (χ0n) is 14.4. The van der Waals surface area contributed by atoms with Crippen molar-refractivity contribution in [3.8, 4) is 11.5 Å². The molecule has 0 bridgehead atoms. The van der Waals surface area contributed by atoms with Crippen LogP contribution in [0.15, 0.2) is 42.5 Å². The van der Waals surface area contributed by atoms with Gasteiger partial charge in [-0.3, -0.25) is 4.79 Å². The average molecular weight is 371 g/mol. The summed E-state index contributed by atoms with van der Waals surface area (Å²) in [4.78, 5) is 12.4. The van der Waals surface area contributed by atoms with Crippen LogP contribution in [0, 0.1) is 6.92 Å². The molecule has 2 aromatic carbocycles. The fourth-order valence-corrected chi connectivity index (χ4v) is 3.51. The molecule has 0 aliphatic carbocycles. The molecule has 26 heavy (non-hydrogen) atoms. The molecule has 3 aromatic rings. The summed E-state index contributed by atoms with van der Waals surface area (Å²) in [6.07, 6.45) is 0. The molecule has 5 nitrogen and oxygen atoms in total. The van der Waals surface area contributed by atoms with Gasteiger partial charge in [-0.2, -0.15) is 0 Å². The first-order valence-electron chi connectivity index (χ1n) is 8.51. The number of hydrogen-bond donors (Lipinski definition) is 1. The third-order valence-electron chi connectivity index (χ3n) is 4.47. The molecule has 0 fully saturated rings. The Morgan fingerprint density at radius 1 is 1.19 bits per heavy atom. The number of aryl methyl sites for hydroxylation is 1. The van der Waals surface area contributed by atoms with Crippen molar-refractivity contribution < 1.29 is 14.3 Å².